The largest absolute Gasteiger partial charge is 0.428 e. The number of H-pyrrole nitrogens is 1. The fourth-order valence-electron chi connectivity index (χ4n) is 3.72. The van der Waals surface area contributed by atoms with Crippen LogP contribution < -0.4 is 15.8 Å². The van der Waals surface area contributed by atoms with Gasteiger partial charge in [0.25, 0.3) is 0 Å². The van der Waals surface area contributed by atoms with Gasteiger partial charge in [0, 0.05) is 17.0 Å². The predicted molar refractivity (Wildman–Crippen MR) is 112 cm³/mol. The number of nitrogens with one attached hydrogen (secondary N) is 1. The molecule has 0 aliphatic heterocycles. The zero-order valence-corrected chi connectivity index (χ0v) is 16.9. The van der Waals surface area contributed by atoms with Gasteiger partial charge in [-0.2, -0.15) is 4.68 Å². The van der Waals surface area contributed by atoms with Crippen LogP contribution in [0.3, 0.4) is 0 Å². The second kappa shape index (κ2) is 7.17. The highest BCUT2D eigenvalue weighted by molar-refractivity contribution is 5.88. The average Bonchev–Trinajstić information content (AvgIpc) is 3.36. The van der Waals surface area contributed by atoms with E-state index in [1.807, 2.05) is 56.3 Å². The molecular formula is C21H19N8O2+. The van der Waals surface area contributed by atoms with Gasteiger partial charge in [0.1, 0.15) is 5.69 Å². The Balaban J connectivity index is 1.85. The third kappa shape index (κ3) is 3.23. The summed E-state index contributed by atoms with van der Waals surface area (Å²) in [6, 6.07) is 13.6. The molecule has 5 aromatic rings. The summed E-state index contributed by atoms with van der Waals surface area (Å²) >= 11 is 0. The van der Waals surface area contributed by atoms with Gasteiger partial charge in [-0.1, -0.05) is 30.3 Å². The lowest BCUT2D eigenvalue weighted by Gasteiger charge is -2.10. The number of hydrogen-bond acceptors (Lipinski definition) is 7. The zero-order valence-electron chi connectivity index (χ0n) is 16.9. The fraction of sp³-hybridized carbons (Fsp3) is 0.143. The Kier molecular flexibility index (Phi) is 4.32. The first-order valence-electron chi connectivity index (χ1n) is 9.61. The van der Waals surface area contributed by atoms with Crippen molar-refractivity contribution in [1.82, 2.24) is 29.9 Å². The summed E-state index contributed by atoms with van der Waals surface area (Å²) in [5.74, 6) is 0.367. The number of aryl methyl sites for hydroxylation is 2. The molecule has 0 saturated heterocycles. The number of anilines is 1. The Morgan fingerprint density at radius 1 is 1.10 bits per heavy atom. The highest BCUT2D eigenvalue weighted by Crippen LogP contribution is 2.33. The van der Waals surface area contributed by atoms with Crippen LogP contribution >= 0.6 is 0 Å². The van der Waals surface area contributed by atoms with Crippen LogP contribution in [0.4, 0.5) is 5.95 Å². The Morgan fingerprint density at radius 2 is 1.84 bits per heavy atom. The number of hydrogen-bond donors (Lipinski definition) is 2. The molecule has 0 saturated carbocycles. The maximum atomic E-state index is 13.1. The molecule has 5 rings (SSSR count). The van der Waals surface area contributed by atoms with Gasteiger partial charge in [0.05, 0.1) is 5.56 Å². The second-order valence-electron chi connectivity index (χ2n) is 7.20. The van der Waals surface area contributed by atoms with E-state index in [2.05, 4.69) is 25.3 Å². The smallest absolute Gasteiger partial charge is 0.425 e. The Hall–Kier alpha value is -4.34. The Labute approximate surface area is 176 Å². The summed E-state index contributed by atoms with van der Waals surface area (Å²) in [6.07, 6.45) is 1.22. The molecule has 0 amide bonds. The molecule has 1 aromatic carbocycles. The molecule has 4 heterocycles. The number of nitrogens with zero attached hydrogens (tertiary/aromatic N) is 6. The van der Waals surface area contributed by atoms with Crippen molar-refractivity contribution in [3.05, 3.63) is 76.6 Å². The summed E-state index contributed by atoms with van der Waals surface area (Å²) in [4.78, 5) is 22.2. The standard InChI is InChI=1S/C21H18N8O2/c1-12-8-15(9-13(2)24-12)17-18(14-6-4-3-5-7-14)25-20(22)29-19(17)27-28(21(29)30)10-16-26-23-11-31-16/h3-9,11H,10H2,1-2H3,(H2,22,24,25,27)/p+1. The average molecular weight is 415 g/mol. The van der Waals surface area contributed by atoms with Crippen LogP contribution in [0, 0.1) is 13.8 Å². The van der Waals surface area contributed by atoms with Crippen molar-refractivity contribution in [3.63, 3.8) is 0 Å². The number of fused-ring (bicyclic) bond motifs is 1. The van der Waals surface area contributed by atoms with Gasteiger partial charge in [0.2, 0.25) is 17.9 Å². The molecule has 3 N–H and O–H groups in total. The van der Waals surface area contributed by atoms with Crippen LogP contribution in [0.1, 0.15) is 17.3 Å². The first-order valence-corrected chi connectivity index (χ1v) is 9.61. The number of aromatic nitrogens is 7. The van der Waals surface area contributed by atoms with Gasteiger partial charge < -0.3 is 10.2 Å². The number of nitrogens with two attached hydrogens (primary N) is 1. The third-order valence-corrected chi connectivity index (χ3v) is 4.93. The quantitative estimate of drug-likeness (QED) is 0.427. The van der Waals surface area contributed by atoms with Crippen LogP contribution in [0.25, 0.3) is 28.0 Å². The normalized spacial score (nSPS) is 11.3. The molecule has 154 valence electrons. The molecule has 10 heteroatoms. The minimum Gasteiger partial charge on any atom is -0.425 e. The topological polar surface area (TPSA) is 133 Å². The van der Waals surface area contributed by atoms with Crippen molar-refractivity contribution in [2.24, 2.45) is 0 Å². The maximum Gasteiger partial charge on any atom is 0.428 e. The van der Waals surface area contributed by atoms with E-state index in [-0.39, 0.29) is 18.2 Å². The molecule has 0 aliphatic rings. The first kappa shape index (κ1) is 18.7. The van der Waals surface area contributed by atoms with Crippen molar-refractivity contribution < 1.29 is 8.82 Å². The number of nitrogen functional groups attached to an aromatic ring is 1. The summed E-state index contributed by atoms with van der Waals surface area (Å²) in [7, 11) is 0. The van der Waals surface area contributed by atoms with E-state index in [4.69, 9.17) is 10.2 Å². The summed E-state index contributed by atoms with van der Waals surface area (Å²) in [6.45, 7) is 3.93. The molecule has 10 nitrogen and oxygen atoms in total. The minimum atomic E-state index is -0.387. The highest BCUT2D eigenvalue weighted by atomic mass is 16.4. The third-order valence-electron chi connectivity index (χ3n) is 4.93. The van der Waals surface area contributed by atoms with Gasteiger partial charge in [0.15, 0.2) is 6.54 Å². The first-order chi connectivity index (χ1) is 15.0. The highest BCUT2D eigenvalue weighted by Gasteiger charge is 2.26. The van der Waals surface area contributed by atoms with Gasteiger partial charge in [-0.3, -0.25) is 4.98 Å². The molecule has 0 atom stereocenters. The lowest BCUT2D eigenvalue weighted by atomic mass is 9.99. The van der Waals surface area contributed by atoms with Crippen molar-refractivity contribution >= 4 is 11.6 Å². The number of benzene rings is 1. The van der Waals surface area contributed by atoms with Crippen molar-refractivity contribution in [1.29, 1.82) is 0 Å². The lowest BCUT2D eigenvalue weighted by molar-refractivity contribution is -0.516. The van der Waals surface area contributed by atoms with Crippen LogP contribution in [0.15, 0.2) is 58.1 Å². The minimum absolute atomic E-state index is 0.0747. The van der Waals surface area contributed by atoms with Crippen LogP contribution in [-0.4, -0.2) is 29.9 Å². The summed E-state index contributed by atoms with van der Waals surface area (Å²) < 4.78 is 7.90. The summed E-state index contributed by atoms with van der Waals surface area (Å²) in [5, 5.41) is 10.7. The Morgan fingerprint density at radius 3 is 2.52 bits per heavy atom. The lowest BCUT2D eigenvalue weighted by Crippen LogP contribution is -2.44. The summed E-state index contributed by atoms with van der Waals surface area (Å²) in [5.41, 5.74) is 11.2. The van der Waals surface area contributed by atoms with Gasteiger partial charge in [-0.05, 0) is 31.5 Å². The van der Waals surface area contributed by atoms with Crippen molar-refractivity contribution in [3.8, 4) is 22.4 Å². The monoisotopic (exact) mass is 415 g/mol. The van der Waals surface area contributed by atoms with Crippen molar-refractivity contribution in [2.75, 3.05) is 5.73 Å². The molecule has 4 aromatic heterocycles. The number of aromatic amines is 1. The fourth-order valence-corrected chi connectivity index (χ4v) is 3.72. The van der Waals surface area contributed by atoms with Crippen LogP contribution in [-0.2, 0) is 6.54 Å². The van der Waals surface area contributed by atoms with E-state index >= 15 is 0 Å². The molecule has 0 fully saturated rings. The SMILES string of the molecule is Cc1cc(-c2c(-c3ccccc3)nc(N)[n+]3c(=O)n(Cc4nnco4)[nH]c23)cc(C)n1. The Bertz CT molecular complexity index is 1430. The van der Waals surface area contributed by atoms with Gasteiger partial charge >= 0.3 is 11.6 Å². The molecule has 0 bridgehead atoms. The van der Waals surface area contributed by atoms with Crippen LogP contribution in [0.2, 0.25) is 0 Å². The molecule has 31 heavy (non-hydrogen) atoms. The van der Waals surface area contributed by atoms with E-state index in [1.165, 1.54) is 15.5 Å². The maximum absolute atomic E-state index is 13.1. The van der Waals surface area contributed by atoms with Crippen LogP contribution in [0.5, 0.6) is 0 Å². The zero-order chi connectivity index (χ0) is 21.5. The van der Waals surface area contributed by atoms with E-state index < -0.39 is 0 Å². The second-order valence-corrected chi connectivity index (χ2v) is 7.20. The molecule has 0 aliphatic carbocycles. The van der Waals surface area contributed by atoms with Crippen molar-refractivity contribution in [2.45, 2.75) is 20.4 Å². The molecular weight excluding hydrogens is 396 g/mol. The van der Waals surface area contributed by atoms with E-state index in [0.29, 0.717) is 17.2 Å². The van der Waals surface area contributed by atoms with Gasteiger partial charge in [-0.25, -0.2) is 9.89 Å². The molecule has 0 unspecified atom stereocenters. The van der Waals surface area contributed by atoms with Gasteiger partial charge in [-0.15, -0.1) is 19.6 Å². The van der Waals surface area contributed by atoms with E-state index in [0.717, 1.165) is 28.1 Å². The van der Waals surface area contributed by atoms with E-state index in [9.17, 15) is 4.79 Å². The molecule has 0 spiro atoms. The number of pyridine rings is 1. The number of rotatable bonds is 4. The molecule has 0 radical (unpaired) electrons. The van der Waals surface area contributed by atoms with E-state index in [1.54, 1.807) is 0 Å². The predicted octanol–water partition coefficient (Wildman–Crippen LogP) is 1.67.